The van der Waals surface area contributed by atoms with Gasteiger partial charge >= 0.3 is 5.69 Å². The molecule has 0 saturated heterocycles. The average Bonchev–Trinajstić information content (AvgIpc) is 2.33. The van der Waals surface area contributed by atoms with Crippen molar-refractivity contribution in [3.8, 4) is 0 Å². The number of hydrogen-bond acceptors (Lipinski definition) is 4. The van der Waals surface area contributed by atoms with Crippen molar-refractivity contribution in [2.45, 2.75) is 0 Å². The van der Waals surface area contributed by atoms with Gasteiger partial charge in [0, 0.05) is 6.07 Å². The van der Waals surface area contributed by atoms with E-state index in [1.165, 1.54) is 30.3 Å². The van der Waals surface area contributed by atoms with E-state index in [9.17, 15) is 14.5 Å². The smallest absolute Gasteiger partial charge is 0.311 e. The first-order valence-electron chi connectivity index (χ1n) is 5.01. The van der Waals surface area contributed by atoms with Crippen molar-refractivity contribution < 1.29 is 9.31 Å². The van der Waals surface area contributed by atoms with Crippen LogP contribution in [0.25, 0.3) is 0 Å². The zero-order valence-corrected chi connectivity index (χ0v) is 10.7. The van der Waals surface area contributed by atoms with Gasteiger partial charge < -0.3 is 5.32 Å². The Morgan fingerprint density at radius 1 is 1.26 bits per heavy atom. The van der Waals surface area contributed by atoms with Gasteiger partial charge in [-0.3, -0.25) is 10.1 Å². The molecule has 8 heteroatoms. The minimum Gasteiger partial charge on any atom is -0.331 e. The SMILES string of the molecule is O=[N+]([O-])c1ccc(Cl)nc1Nc1c(F)cccc1Cl. The zero-order chi connectivity index (χ0) is 14.0. The third kappa shape index (κ3) is 2.91. The maximum atomic E-state index is 13.6. The van der Waals surface area contributed by atoms with Crippen LogP contribution in [0.3, 0.4) is 0 Å². The Bertz CT molecular complexity index is 632. The molecule has 98 valence electrons. The van der Waals surface area contributed by atoms with Crippen molar-refractivity contribution in [3.63, 3.8) is 0 Å². The molecule has 0 unspecified atom stereocenters. The minimum atomic E-state index is -0.652. The molecule has 1 aromatic carbocycles. The van der Waals surface area contributed by atoms with Gasteiger partial charge in [0.2, 0.25) is 5.82 Å². The van der Waals surface area contributed by atoms with E-state index in [1.807, 2.05) is 0 Å². The summed E-state index contributed by atoms with van der Waals surface area (Å²) >= 11 is 11.5. The molecule has 0 amide bonds. The average molecular weight is 302 g/mol. The van der Waals surface area contributed by atoms with Crippen molar-refractivity contribution in [1.29, 1.82) is 0 Å². The topological polar surface area (TPSA) is 68.1 Å². The number of halogens is 3. The predicted octanol–water partition coefficient (Wildman–Crippen LogP) is 4.18. The maximum Gasteiger partial charge on any atom is 0.311 e. The van der Waals surface area contributed by atoms with Crippen LogP contribution in [-0.2, 0) is 0 Å². The molecule has 0 atom stereocenters. The molecule has 0 aliphatic rings. The highest BCUT2D eigenvalue weighted by Crippen LogP contribution is 2.32. The second-order valence-electron chi connectivity index (χ2n) is 3.48. The number of rotatable bonds is 3. The lowest BCUT2D eigenvalue weighted by molar-refractivity contribution is -0.384. The highest BCUT2D eigenvalue weighted by Gasteiger charge is 2.18. The number of nitrogens with zero attached hydrogens (tertiary/aromatic N) is 2. The first kappa shape index (κ1) is 13.5. The van der Waals surface area contributed by atoms with E-state index < -0.39 is 10.7 Å². The van der Waals surface area contributed by atoms with Crippen molar-refractivity contribution in [1.82, 2.24) is 4.98 Å². The molecule has 1 N–H and O–H groups in total. The molecule has 1 heterocycles. The molecule has 19 heavy (non-hydrogen) atoms. The van der Waals surface area contributed by atoms with Gasteiger partial charge in [-0.05, 0) is 18.2 Å². The van der Waals surface area contributed by atoms with Crippen molar-refractivity contribution in [3.05, 3.63) is 56.4 Å². The number of aromatic nitrogens is 1. The van der Waals surface area contributed by atoms with Crippen LogP contribution in [0.2, 0.25) is 10.2 Å². The van der Waals surface area contributed by atoms with Gasteiger partial charge in [0.05, 0.1) is 15.6 Å². The Morgan fingerprint density at radius 3 is 2.63 bits per heavy atom. The van der Waals surface area contributed by atoms with E-state index in [4.69, 9.17) is 23.2 Å². The first-order valence-corrected chi connectivity index (χ1v) is 5.76. The summed E-state index contributed by atoms with van der Waals surface area (Å²) in [5.74, 6) is -0.826. The van der Waals surface area contributed by atoms with Gasteiger partial charge in [0.1, 0.15) is 11.0 Å². The molecule has 2 aromatic rings. The fourth-order valence-electron chi connectivity index (χ4n) is 1.40. The number of nitrogens with one attached hydrogen (secondary N) is 1. The number of nitro groups is 1. The van der Waals surface area contributed by atoms with Crippen LogP contribution < -0.4 is 5.32 Å². The number of benzene rings is 1. The summed E-state index contributed by atoms with van der Waals surface area (Å²) in [6, 6.07) is 6.48. The van der Waals surface area contributed by atoms with Gasteiger partial charge in [0.25, 0.3) is 0 Å². The summed E-state index contributed by atoms with van der Waals surface area (Å²) in [6.45, 7) is 0. The van der Waals surface area contributed by atoms with E-state index in [1.54, 1.807) is 0 Å². The second-order valence-corrected chi connectivity index (χ2v) is 4.27. The van der Waals surface area contributed by atoms with Gasteiger partial charge in [-0.25, -0.2) is 9.37 Å². The lowest BCUT2D eigenvalue weighted by atomic mass is 10.3. The van der Waals surface area contributed by atoms with E-state index >= 15 is 0 Å². The molecular formula is C11H6Cl2FN3O2. The van der Waals surface area contributed by atoms with E-state index in [-0.39, 0.29) is 27.4 Å². The monoisotopic (exact) mass is 301 g/mol. The van der Waals surface area contributed by atoms with Gasteiger partial charge in [-0.15, -0.1) is 0 Å². The molecular weight excluding hydrogens is 296 g/mol. The lowest BCUT2D eigenvalue weighted by Gasteiger charge is -2.09. The van der Waals surface area contributed by atoms with E-state index in [0.29, 0.717) is 0 Å². The standard InChI is InChI=1S/C11H6Cl2FN3O2/c12-6-2-1-3-7(14)10(6)16-11-8(17(18)19)4-5-9(13)15-11/h1-5H,(H,15,16). The maximum absolute atomic E-state index is 13.6. The largest absolute Gasteiger partial charge is 0.331 e. The Balaban J connectivity index is 2.49. The molecule has 0 fully saturated rings. The molecule has 2 rings (SSSR count). The lowest BCUT2D eigenvalue weighted by Crippen LogP contribution is -2.01. The second kappa shape index (κ2) is 5.38. The van der Waals surface area contributed by atoms with Crippen LogP contribution in [0, 0.1) is 15.9 Å². The van der Waals surface area contributed by atoms with Crippen molar-refractivity contribution in [2.75, 3.05) is 5.32 Å². The highest BCUT2D eigenvalue weighted by molar-refractivity contribution is 6.33. The quantitative estimate of drug-likeness (QED) is 0.524. The number of anilines is 2. The van der Waals surface area contributed by atoms with Crippen LogP contribution in [0.5, 0.6) is 0 Å². The fourth-order valence-corrected chi connectivity index (χ4v) is 1.76. The summed E-state index contributed by atoms with van der Waals surface area (Å²) < 4.78 is 13.6. The normalized spacial score (nSPS) is 10.3. The zero-order valence-electron chi connectivity index (χ0n) is 9.23. The van der Waals surface area contributed by atoms with Crippen LogP contribution >= 0.6 is 23.2 Å². The van der Waals surface area contributed by atoms with Crippen LogP contribution in [-0.4, -0.2) is 9.91 Å². The predicted molar refractivity (Wildman–Crippen MR) is 70.6 cm³/mol. The van der Waals surface area contributed by atoms with E-state index in [2.05, 4.69) is 10.3 Å². The number of pyridine rings is 1. The van der Waals surface area contributed by atoms with Crippen LogP contribution in [0.4, 0.5) is 21.6 Å². The van der Waals surface area contributed by atoms with Crippen molar-refractivity contribution >= 4 is 40.4 Å². The van der Waals surface area contributed by atoms with Gasteiger partial charge in [-0.1, -0.05) is 29.3 Å². The Kier molecular flexibility index (Phi) is 3.82. The molecule has 0 bridgehead atoms. The number of para-hydroxylation sites is 1. The summed E-state index contributed by atoms with van der Waals surface area (Å²) in [7, 11) is 0. The molecule has 0 saturated carbocycles. The summed E-state index contributed by atoms with van der Waals surface area (Å²) in [4.78, 5) is 14.0. The van der Waals surface area contributed by atoms with E-state index in [0.717, 1.165) is 0 Å². The summed E-state index contributed by atoms with van der Waals surface area (Å²) in [5.41, 5.74) is -0.425. The third-order valence-electron chi connectivity index (χ3n) is 2.24. The molecule has 0 aliphatic heterocycles. The van der Waals surface area contributed by atoms with Gasteiger partial charge in [-0.2, -0.15) is 0 Å². The highest BCUT2D eigenvalue weighted by atomic mass is 35.5. The first-order chi connectivity index (χ1) is 8.99. The molecule has 5 nitrogen and oxygen atoms in total. The molecule has 1 aromatic heterocycles. The molecule has 0 radical (unpaired) electrons. The summed E-state index contributed by atoms with van der Waals surface area (Å²) in [5, 5.41) is 13.5. The number of hydrogen-bond donors (Lipinski definition) is 1. The van der Waals surface area contributed by atoms with Crippen LogP contribution in [0.15, 0.2) is 30.3 Å². The summed E-state index contributed by atoms with van der Waals surface area (Å²) in [6.07, 6.45) is 0. The van der Waals surface area contributed by atoms with Gasteiger partial charge in [0.15, 0.2) is 0 Å². The Labute approximate surface area is 117 Å². The Hall–Kier alpha value is -1.92. The van der Waals surface area contributed by atoms with Crippen LogP contribution in [0.1, 0.15) is 0 Å². The Morgan fingerprint density at radius 2 is 2.00 bits per heavy atom. The third-order valence-corrected chi connectivity index (χ3v) is 2.77. The molecule has 0 spiro atoms. The molecule has 0 aliphatic carbocycles. The van der Waals surface area contributed by atoms with Crippen molar-refractivity contribution in [2.24, 2.45) is 0 Å². The minimum absolute atomic E-state index is 0.0422. The fraction of sp³-hybridized carbons (Fsp3) is 0.